The van der Waals surface area contributed by atoms with E-state index in [-0.39, 0.29) is 0 Å². The second kappa shape index (κ2) is 8.55. The molecule has 0 unspecified atom stereocenters. The van der Waals surface area contributed by atoms with Gasteiger partial charge in [-0.05, 0) is 66.0 Å². The van der Waals surface area contributed by atoms with Crippen molar-refractivity contribution in [1.29, 1.82) is 0 Å². The second-order valence-electron chi connectivity index (χ2n) is 9.07. The molecule has 0 saturated heterocycles. The van der Waals surface area contributed by atoms with Gasteiger partial charge in [-0.25, -0.2) is 0 Å². The molecule has 190 valence electrons. The molecule has 0 atom stereocenters. The van der Waals surface area contributed by atoms with Crippen LogP contribution in [0.3, 0.4) is 0 Å². The molecule has 0 N–H and O–H groups in total. The lowest BCUT2D eigenvalue weighted by molar-refractivity contribution is 0.673. The molecule has 0 aliphatic rings. The van der Waals surface area contributed by atoms with E-state index in [1.54, 1.807) is 0 Å². The molecular weight excluding hydrogens is 496 g/mol. The molecule has 0 fully saturated rings. The average molecular weight is 544 g/mol. The zero-order chi connectivity index (χ0) is 46.9. The van der Waals surface area contributed by atoms with Crippen LogP contribution in [-0.4, -0.2) is 0 Å². The zero-order valence-electron chi connectivity index (χ0n) is 43.5. The van der Waals surface area contributed by atoms with Gasteiger partial charge in [-0.15, -0.1) is 0 Å². The second-order valence-corrected chi connectivity index (χ2v) is 9.07. The van der Waals surface area contributed by atoms with Crippen molar-refractivity contribution in [2.24, 2.45) is 0 Å². The lowest BCUT2D eigenvalue weighted by Gasteiger charge is -2.18. The van der Waals surface area contributed by atoms with Crippen molar-refractivity contribution >= 4 is 65.0 Å². The highest BCUT2D eigenvalue weighted by molar-refractivity contribution is 6.34. The first-order chi connectivity index (χ1) is 29.9. The van der Waals surface area contributed by atoms with Crippen LogP contribution >= 0.6 is 0 Å². The van der Waals surface area contributed by atoms with E-state index in [1.165, 1.54) is 0 Å². The Morgan fingerprint density at radius 2 is 0.902 bits per heavy atom. The molecule has 9 rings (SSSR count). The summed E-state index contributed by atoms with van der Waals surface area (Å²) in [6.07, 6.45) is 0. The van der Waals surface area contributed by atoms with E-state index in [0.717, 1.165) is 6.07 Å². The Kier molecular flexibility index (Phi) is 2.00. The van der Waals surface area contributed by atoms with Gasteiger partial charge in [-0.1, -0.05) is 139 Å². The zero-order valence-corrected chi connectivity index (χ0v) is 20.5. The average Bonchev–Trinajstić information content (AvgIpc) is 3.66. The van der Waals surface area contributed by atoms with Crippen LogP contribution in [0.2, 0.25) is 0 Å². The lowest BCUT2D eigenvalue weighted by Crippen LogP contribution is -1.91. The van der Waals surface area contributed by atoms with Gasteiger partial charge < -0.3 is 4.42 Å². The lowest BCUT2D eigenvalue weighted by atomic mass is 9.84. The first-order valence-electron chi connectivity index (χ1n) is 23.7. The quantitative estimate of drug-likeness (QED) is 0.156. The SMILES string of the molecule is [2H]c1cc([2H])c([2H])c(-c2c3c([2H])c([2H])c([2H])c([2H])c3c(-c3c([2H])c([2H])c([2H])c4oc5c6c([2H])c([2H])c([2H])c([2H])c6c6c([2H])c([2H])c([2H])c([2H])c6c5c34)c3c([2H])c([2H])c([2H])c([2H])c23)c1[2H]. The molecule has 8 aromatic carbocycles. The molecule has 0 spiro atoms. The molecule has 1 heteroatoms. The van der Waals surface area contributed by atoms with Crippen LogP contribution in [0.4, 0.5) is 0 Å². The molecule has 0 amide bonds. The Labute approximate surface area is 269 Å². The molecule has 1 heterocycles. The number of benzene rings is 8. The summed E-state index contributed by atoms with van der Waals surface area (Å²) < 4.78 is 212. The minimum atomic E-state index is -0.915. The number of hydrogen-bond donors (Lipinski definition) is 0. The molecule has 9 aromatic rings. The van der Waals surface area contributed by atoms with Crippen LogP contribution in [-0.2, 0) is 0 Å². The van der Waals surface area contributed by atoms with Crippen molar-refractivity contribution in [3.8, 4) is 22.3 Å². The Balaban J connectivity index is 1.75. The van der Waals surface area contributed by atoms with Crippen LogP contribution in [0.15, 0.2) is 149 Å². The van der Waals surface area contributed by atoms with E-state index in [4.69, 9.17) is 27.7 Å². The van der Waals surface area contributed by atoms with E-state index in [0.29, 0.717) is 0 Å². The van der Waals surface area contributed by atoms with Gasteiger partial charge in [0.1, 0.15) is 11.2 Å². The van der Waals surface area contributed by atoms with E-state index < -0.39 is 226 Å². The summed E-state index contributed by atoms with van der Waals surface area (Å²) in [5, 5.41) is -5.02. The Morgan fingerprint density at radius 3 is 1.54 bits per heavy atom. The molecular formula is C40H24O. The van der Waals surface area contributed by atoms with Crippen LogP contribution in [0.1, 0.15) is 31.5 Å². The number of furan rings is 1. The third-order valence-corrected chi connectivity index (χ3v) is 7.04. The monoisotopic (exact) mass is 543 g/mol. The fourth-order valence-corrected chi connectivity index (χ4v) is 5.46. The predicted molar refractivity (Wildman–Crippen MR) is 175 cm³/mol. The third-order valence-electron chi connectivity index (χ3n) is 7.04. The van der Waals surface area contributed by atoms with Crippen molar-refractivity contribution < 1.29 is 35.9 Å². The summed E-state index contributed by atoms with van der Waals surface area (Å²) in [6, 6.07) is -17.9. The van der Waals surface area contributed by atoms with Gasteiger partial charge in [0.15, 0.2) is 0 Å². The predicted octanol–water partition coefficient (Wildman–Crippen LogP) is 11.5. The minimum absolute atomic E-state index is 0.402. The molecule has 0 saturated carbocycles. The summed E-state index contributed by atoms with van der Waals surface area (Å²) >= 11 is 0. The van der Waals surface area contributed by atoms with Crippen LogP contribution in [0.5, 0.6) is 0 Å². The maximum atomic E-state index is 9.57. The van der Waals surface area contributed by atoms with Crippen LogP contribution in [0.25, 0.3) is 87.3 Å². The Morgan fingerprint density at radius 1 is 0.390 bits per heavy atom. The molecule has 1 nitrogen and oxygen atoms in total. The fraction of sp³-hybridized carbons (Fsp3) is 0. The van der Waals surface area contributed by atoms with Crippen molar-refractivity contribution in [2.45, 2.75) is 0 Å². The summed E-state index contributed by atoms with van der Waals surface area (Å²) in [7, 11) is 0. The van der Waals surface area contributed by atoms with Crippen molar-refractivity contribution in [3.05, 3.63) is 145 Å². The summed E-state index contributed by atoms with van der Waals surface area (Å²) in [4.78, 5) is 0. The molecule has 41 heavy (non-hydrogen) atoms. The van der Waals surface area contributed by atoms with E-state index in [1.807, 2.05) is 0 Å². The largest absolute Gasteiger partial charge is 0.455 e. The summed E-state index contributed by atoms with van der Waals surface area (Å²) in [5.41, 5.74) is -3.51. The van der Waals surface area contributed by atoms with Crippen molar-refractivity contribution in [3.63, 3.8) is 0 Å². The highest BCUT2D eigenvalue weighted by Crippen LogP contribution is 2.48. The van der Waals surface area contributed by atoms with Gasteiger partial charge in [0.05, 0.1) is 31.5 Å². The standard InChI is InChI=1S/C40H24O/c1-2-13-25(14-3-1)36-29-18-7-9-20-31(29)37(32-21-10-8-19-30(32)36)34-23-12-24-35-38(34)39-28-17-6-4-15-26(28)27-16-5-11-22-33(27)40(39)41-35/h1-24H/i2D,3D,4D,5D,6D,7D,8D,9D,10D,11D,12D,13D,14D,15D,16D,17D,18D,19D,20D,21D,22D,23D,24D. The highest BCUT2D eigenvalue weighted by atomic mass is 16.3. The van der Waals surface area contributed by atoms with E-state index in [9.17, 15) is 8.22 Å². The van der Waals surface area contributed by atoms with Crippen molar-refractivity contribution in [1.82, 2.24) is 0 Å². The van der Waals surface area contributed by atoms with Gasteiger partial charge in [0, 0.05) is 16.2 Å². The first-order valence-corrected chi connectivity index (χ1v) is 12.2. The fourth-order valence-electron chi connectivity index (χ4n) is 5.46. The third kappa shape index (κ3) is 3.12. The van der Waals surface area contributed by atoms with Crippen molar-refractivity contribution in [2.75, 3.05) is 0 Å². The van der Waals surface area contributed by atoms with Gasteiger partial charge >= 0.3 is 0 Å². The molecule has 0 aliphatic heterocycles. The molecule has 0 radical (unpaired) electrons. The number of rotatable bonds is 2. The van der Waals surface area contributed by atoms with Gasteiger partial charge in [-0.3, -0.25) is 0 Å². The molecule has 1 aromatic heterocycles. The number of hydrogen-bond acceptors (Lipinski definition) is 1. The van der Waals surface area contributed by atoms with Crippen LogP contribution < -0.4 is 0 Å². The van der Waals surface area contributed by atoms with E-state index >= 15 is 0 Å². The van der Waals surface area contributed by atoms with Gasteiger partial charge in [0.2, 0.25) is 0 Å². The normalized spacial score (nSPS) is 19.8. The minimum Gasteiger partial charge on any atom is -0.455 e. The smallest absolute Gasteiger partial charge is 0.143 e. The van der Waals surface area contributed by atoms with Gasteiger partial charge in [-0.2, -0.15) is 0 Å². The Bertz CT molecular complexity index is 3650. The Hall–Kier alpha value is -5.40. The summed E-state index contributed by atoms with van der Waals surface area (Å²) in [6.45, 7) is 0. The van der Waals surface area contributed by atoms with Crippen LogP contribution in [0, 0.1) is 0 Å². The number of fused-ring (bicyclic) bond motifs is 10. The maximum Gasteiger partial charge on any atom is 0.143 e. The first kappa shape index (κ1) is 9.61. The topological polar surface area (TPSA) is 13.1 Å². The van der Waals surface area contributed by atoms with Gasteiger partial charge in [0.25, 0.3) is 0 Å². The summed E-state index contributed by atoms with van der Waals surface area (Å²) in [5.74, 6) is 0. The molecule has 0 bridgehead atoms. The van der Waals surface area contributed by atoms with E-state index in [2.05, 4.69) is 0 Å². The maximum absolute atomic E-state index is 9.57. The molecule has 0 aliphatic carbocycles. The highest BCUT2D eigenvalue weighted by Gasteiger charge is 2.22.